The summed E-state index contributed by atoms with van der Waals surface area (Å²) in [5, 5.41) is 2.84. The van der Waals surface area contributed by atoms with E-state index < -0.39 is 5.60 Å². The van der Waals surface area contributed by atoms with Gasteiger partial charge in [-0.1, -0.05) is 24.3 Å². The quantitative estimate of drug-likeness (QED) is 0.901. The van der Waals surface area contributed by atoms with E-state index in [2.05, 4.69) is 5.32 Å². The van der Waals surface area contributed by atoms with E-state index in [4.69, 9.17) is 4.74 Å². The Labute approximate surface area is 150 Å². The van der Waals surface area contributed by atoms with Crippen molar-refractivity contribution in [3.63, 3.8) is 0 Å². The van der Waals surface area contributed by atoms with Crippen LogP contribution >= 0.6 is 0 Å². The average Bonchev–Trinajstić information content (AvgIpc) is 3.04. The molecule has 2 aromatic rings. The Morgan fingerprint density at radius 1 is 1.19 bits per heavy atom. The van der Waals surface area contributed by atoms with Gasteiger partial charge in [-0.15, -0.1) is 0 Å². The van der Waals surface area contributed by atoms with Gasteiger partial charge in [0.05, 0.1) is 18.5 Å². The lowest BCUT2D eigenvalue weighted by atomic mass is 9.89. The Kier molecular flexibility index (Phi) is 4.11. The van der Waals surface area contributed by atoms with Gasteiger partial charge in [-0.2, -0.15) is 0 Å². The van der Waals surface area contributed by atoms with Crippen molar-refractivity contribution in [1.82, 2.24) is 10.2 Å². The van der Waals surface area contributed by atoms with Crippen molar-refractivity contribution in [2.24, 2.45) is 0 Å². The minimum Gasteiger partial charge on any atom is -0.484 e. The molecule has 2 heterocycles. The minimum atomic E-state index is -0.640. The first-order valence-electron chi connectivity index (χ1n) is 8.63. The number of ether oxygens (including phenoxy) is 1. The Morgan fingerprint density at radius 2 is 1.96 bits per heavy atom. The monoisotopic (exact) mass is 354 g/mol. The van der Waals surface area contributed by atoms with Crippen LogP contribution in [0.15, 0.2) is 48.5 Å². The lowest BCUT2D eigenvalue weighted by Crippen LogP contribution is -2.47. The van der Waals surface area contributed by atoms with E-state index in [1.807, 2.05) is 12.1 Å². The summed E-state index contributed by atoms with van der Waals surface area (Å²) in [6, 6.07) is 13.0. The van der Waals surface area contributed by atoms with Crippen LogP contribution in [-0.2, 0) is 6.54 Å². The topological polar surface area (TPSA) is 58.6 Å². The lowest BCUT2D eigenvalue weighted by molar-refractivity contribution is 0.0478. The summed E-state index contributed by atoms with van der Waals surface area (Å²) in [4.78, 5) is 26.5. The largest absolute Gasteiger partial charge is 0.484 e. The number of ketones is 1. The SMILES string of the molecule is O=C1CC2(CCN(C(=O)NCc3ccc(F)cc3)C2)Oc2ccccc21. The third-order valence-corrected chi connectivity index (χ3v) is 4.96. The summed E-state index contributed by atoms with van der Waals surface area (Å²) in [5.41, 5.74) is 0.794. The molecule has 0 radical (unpaired) electrons. The number of hydrogen-bond acceptors (Lipinski definition) is 3. The van der Waals surface area contributed by atoms with Crippen molar-refractivity contribution in [3.8, 4) is 5.75 Å². The molecule has 2 aliphatic heterocycles. The average molecular weight is 354 g/mol. The van der Waals surface area contributed by atoms with Gasteiger partial charge in [-0.05, 0) is 29.8 Å². The van der Waals surface area contributed by atoms with Gasteiger partial charge in [0.15, 0.2) is 5.78 Å². The molecule has 2 aliphatic rings. The second-order valence-corrected chi connectivity index (χ2v) is 6.84. The van der Waals surface area contributed by atoms with Crippen LogP contribution < -0.4 is 10.1 Å². The summed E-state index contributed by atoms with van der Waals surface area (Å²) < 4.78 is 19.1. The third-order valence-electron chi connectivity index (χ3n) is 4.96. The zero-order valence-corrected chi connectivity index (χ0v) is 14.2. The number of para-hydroxylation sites is 1. The molecule has 1 unspecified atom stereocenters. The van der Waals surface area contributed by atoms with Crippen LogP contribution in [0.1, 0.15) is 28.8 Å². The number of nitrogens with zero attached hydrogens (tertiary/aromatic N) is 1. The Bertz CT molecular complexity index is 852. The molecule has 0 saturated carbocycles. The molecule has 1 N–H and O–H groups in total. The normalized spacial score (nSPS) is 21.4. The van der Waals surface area contributed by atoms with Crippen LogP contribution in [0.5, 0.6) is 5.75 Å². The standard InChI is InChI=1S/C20H19FN2O3/c21-15-7-5-14(6-8-15)12-22-19(25)23-10-9-20(13-23)11-17(24)16-3-1-2-4-18(16)26-20/h1-8H,9-13H2,(H,22,25). The molecule has 0 aliphatic carbocycles. The van der Waals surface area contributed by atoms with E-state index in [0.29, 0.717) is 37.4 Å². The second-order valence-electron chi connectivity index (χ2n) is 6.84. The van der Waals surface area contributed by atoms with Gasteiger partial charge in [-0.25, -0.2) is 9.18 Å². The molecule has 1 atom stereocenters. The Hall–Kier alpha value is -2.89. The maximum absolute atomic E-state index is 12.9. The molecule has 1 spiro atoms. The van der Waals surface area contributed by atoms with Crippen LogP contribution in [0, 0.1) is 5.82 Å². The van der Waals surface area contributed by atoms with Crippen molar-refractivity contribution < 1.29 is 18.7 Å². The predicted molar refractivity (Wildman–Crippen MR) is 93.6 cm³/mol. The van der Waals surface area contributed by atoms with Crippen LogP contribution in [-0.4, -0.2) is 35.4 Å². The summed E-state index contributed by atoms with van der Waals surface area (Å²) in [6.45, 7) is 1.23. The smallest absolute Gasteiger partial charge is 0.317 e. The predicted octanol–water partition coefficient (Wildman–Crippen LogP) is 3.15. The van der Waals surface area contributed by atoms with E-state index >= 15 is 0 Å². The number of amides is 2. The Balaban J connectivity index is 1.40. The van der Waals surface area contributed by atoms with Crippen molar-refractivity contribution >= 4 is 11.8 Å². The number of urea groups is 1. The highest BCUT2D eigenvalue weighted by Crippen LogP contribution is 2.38. The van der Waals surface area contributed by atoms with Crippen LogP contribution in [0.2, 0.25) is 0 Å². The van der Waals surface area contributed by atoms with Gasteiger partial charge in [0.1, 0.15) is 17.2 Å². The highest BCUT2D eigenvalue weighted by atomic mass is 19.1. The number of nitrogens with one attached hydrogen (secondary N) is 1. The molecule has 1 fully saturated rings. The number of likely N-dealkylation sites (tertiary alicyclic amines) is 1. The Morgan fingerprint density at radius 3 is 2.77 bits per heavy atom. The van der Waals surface area contributed by atoms with Gasteiger partial charge >= 0.3 is 6.03 Å². The first-order valence-corrected chi connectivity index (χ1v) is 8.63. The zero-order valence-electron chi connectivity index (χ0n) is 14.2. The van der Waals surface area contributed by atoms with Crippen molar-refractivity contribution in [2.45, 2.75) is 25.0 Å². The van der Waals surface area contributed by atoms with Crippen LogP contribution in [0.25, 0.3) is 0 Å². The number of carbonyl (C=O) groups excluding carboxylic acids is 2. The lowest BCUT2D eigenvalue weighted by Gasteiger charge is -2.34. The molecule has 4 rings (SSSR count). The fourth-order valence-corrected chi connectivity index (χ4v) is 3.58. The molecule has 1 saturated heterocycles. The zero-order chi connectivity index (χ0) is 18.1. The number of benzene rings is 2. The van der Waals surface area contributed by atoms with Gasteiger partial charge in [0.2, 0.25) is 0 Å². The van der Waals surface area contributed by atoms with Crippen molar-refractivity contribution in [2.75, 3.05) is 13.1 Å². The molecular formula is C20H19FN2O3. The van der Waals surface area contributed by atoms with E-state index in [1.54, 1.807) is 29.2 Å². The van der Waals surface area contributed by atoms with Crippen molar-refractivity contribution in [1.29, 1.82) is 0 Å². The maximum atomic E-state index is 12.9. The number of Topliss-reactive ketones (excluding diaryl/α,β-unsaturated/α-hetero) is 1. The summed E-state index contributed by atoms with van der Waals surface area (Å²) in [6.07, 6.45) is 0.906. The fourth-order valence-electron chi connectivity index (χ4n) is 3.58. The maximum Gasteiger partial charge on any atom is 0.317 e. The number of fused-ring (bicyclic) bond motifs is 1. The first-order chi connectivity index (χ1) is 12.5. The first kappa shape index (κ1) is 16.6. The molecule has 5 nitrogen and oxygen atoms in total. The second kappa shape index (κ2) is 6.44. The van der Waals surface area contributed by atoms with Crippen molar-refractivity contribution in [3.05, 3.63) is 65.5 Å². The highest BCUT2D eigenvalue weighted by molar-refractivity contribution is 6.00. The number of halogens is 1. The third kappa shape index (κ3) is 3.14. The van der Waals surface area contributed by atoms with Crippen LogP contribution in [0.3, 0.4) is 0 Å². The molecule has 134 valence electrons. The molecule has 2 amide bonds. The molecule has 2 aromatic carbocycles. The molecule has 26 heavy (non-hydrogen) atoms. The van der Waals surface area contributed by atoms with E-state index in [9.17, 15) is 14.0 Å². The van der Waals surface area contributed by atoms with Gasteiger partial charge < -0.3 is 15.0 Å². The fraction of sp³-hybridized carbons (Fsp3) is 0.300. The van der Waals surface area contributed by atoms with Gasteiger partial charge in [-0.3, -0.25) is 4.79 Å². The van der Waals surface area contributed by atoms with Gasteiger partial charge in [0, 0.05) is 19.5 Å². The van der Waals surface area contributed by atoms with E-state index in [1.165, 1.54) is 12.1 Å². The molecule has 6 heteroatoms. The molecule has 0 aromatic heterocycles. The number of hydrogen-bond donors (Lipinski definition) is 1. The molecular weight excluding hydrogens is 335 g/mol. The van der Waals surface area contributed by atoms with Crippen LogP contribution in [0.4, 0.5) is 9.18 Å². The summed E-state index contributed by atoms with van der Waals surface area (Å²) >= 11 is 0. The molecule has 0 bridgehead atoms. The minimum absolute atomic E-state index is 0.0559. The number of carbonyl (C=O) groups is 2. The van der Waals surface area contributed by atoms with E-state index in [0.717, 1.165) is 5.56 Å². The highest BCUT2D eigenvalue weighted by Gasteiger charge is 2.46. The summed E-state index contributed by atoms with van der Waals surface area (Å²) in [7, 11) is 0. The van der Waals surface area contributed by atoms with Gasteiger partial charge in [0.25, 0.3) is 0 Å². The summed E-state index contributed by atoms with van der Waals surface area (Å²) in [5.74, 6) is 0.346. The number of rotatable bonds is 2. The van der Waals surface area contributed by atoms with E-state index in [-0.39, 0.29) is 24.1 Å².